The second kappa shape index (κ2) is 31.2. The second-order valence-electron chi connectivity index (χ2n) is 17.3. The monoisotopic (exact) mass is 994 g/mol. The number of hydrogen-bond donors (Lipinski definition) is 15. The third-order valence-corrected chi connectivity index (χ3v) is 11.2. The normalized spacial score (nSPS) is 16.9. The first-order chi connectivity index (χ1) is 31.9. The van der Waals surface area contributed by atoms with Crippen LogP contribution in [0.4, 0.5) is 0 Å². The molecule has 0 spiro atoms. The molecule has 1 rings (SSSR count). The molecule has 20 N–H and O–H groups in total. The van der Waals surface area contributed by atoms with Crippen molar-refractivity contribution >= 4 is 61.1 Å². The molecular formula is C40H76N13O14P. The first-order valence-corrected chi connectivity index (χ1v) is 24.3. The number of guanidine groups is 1. The second-order valence-corrected chi connectivity index (χ2v) is 18.5. The van der Waals surface area contributed by atoms with Gasteiger partial charge in [-0.25, -0.2) is 9.36 Å². The maximum Gasteiger partial charge on any atom is 0.469 e. The van der Waals surface area contributed by atoms with Gasteiger partial charge in [0.05, 0.1) is 19.3 Å². The van der Waals surface area contributed by atoms with E-state index >= 15 is 0 Å². The van der Waals surface area contributed by atoms with Crippen LogP contribution in [-0.4, -0.2) is 166 Å². The van der Waals surface area contributed by atoms with E-state index in [1.165, 1.54) is 0 Å². The summed E-state index contributed by atoms with van der Waals surface area (Å²) in [5, 5.41) is 35.0. The number of aliphatic hydroxyl groups excluding tert-OH is 1. The number of carboxylic acid groups (broad SMARTS) is 1. The Morgan fingerprint density at radius 2 is 1.18 bits per heavy atom. The predicted octanol–water partition coefficient (Wildman–Crippen LogP) is -4.59. The quantitative estimate of drug-likeness (QED) is 0.0127. The number of phosphoric acid groups is 1. The Hall–Kier alpha value is -5.02. The summed E-state index contributed by atoms with van der Waals surface area (Å²) in [5.74, 6) is -8.00. The lowest BCUT2D eigenvalue weighted by atomic mass is 10.00. The molecule has 390 valence electrons. The molecule has 0 unspecified atom stereocenters. The third kappa shape index (κ3) is 22.9. The Morgan fingerprint density at radius 3 is 1.65 bits per heavy atom. The molecule has 0 radical (unpaired) electrons. The van der Waals surface area contributed by atoms with E-state index in [2.05, 4.69) is 41.4 Å². The van der Waals surface area contributed by atoms with Crippen molar-refractivity contribution in [3.05, 3.63) is 0 Å². The molecule has 1 aliphatic heterocycles. The maximum absolute atomic E-state index is 14.0. The average molecular weight is 994 g/mol. The topological polar surface area (TPSA) is 462 Å². The minimum absolute atomic E-state index is 0.0134. The van der Waals surface area contributed by atoms with Crippen molar-refractivity contribution in [3.8, 4) is 0 Å². The number of nitrogens with zero attached hydrogens (tertiary/aromatic N) is 2. The Kier molecular flexibility index (Phi) is 28.0. The number of phosphoric ester groups is 1. The smallest absolute Gasteiger partial charge is 0.469 e. The predicted molar refractivity (Wildman–Crippen MR) is 247 cm³/mol. The molecule has 28 heteroatoms. The first kappa shape index (κ1) is 61.0. The van der Waals surface area contributed by atoms with Gasteiger partial charge in [0, 0.05) is 13.1 Å². The van der Waals surface area contributed by atoms with Crippen LogP contribution in [0.2, 0.25) is 0 Å². The van der Waals surface area contributed by atoms with Crippen molar-refractivity contribution in [2.24, 2.45) is 45.5 Å². The fourth-order valence-corrected chi connectivity index (χ4v) is 7.30. The largest absolute Gasteiger partial charge is 0.480 e. The number of rotatable bonds is 33. The zero-order valence-electron chi connectivity index (χ0n) is 39.4. The molecule has 0 aromatic rings. The summed E-state index contributed by atoms with van der Waals surface area (Å²) in [6.45, 7) is 5.63. The molecular weight excluding hydrogens is 917 g/mol. The zero-order chi connectivity index (χ0) is 51.7. The van der Waals surface area contributed by atoms with E-state index in [1.54, 1.807) is 27.7 Å². The lowest BCUT2D eigenvalue weighted by molar-refractivity contribution is -0.144. The highest BCUT2D eigenvalue weighted by atomic mass is 31.2. The van der Waals surface area contributed by atoms with E-state index in [-0.39, 0.29) is 88.8 Å². The van der Waals surface area contributed by atoms with Crippen molar-refractivity contribution < 1.29 is 67.4 Å². The minimum atomic E-state index is -5.11. The summed E-state index contributed by atoms with van der Waals surface area (Å²) < 4.78 is 15.4. The Bertz CT molecular complexity index is 1750. The number of carboxylic acids is 1. The number of aliphatic carboxylic acids is 1. The van der Waals surface area contributed by atoms with Crippen LogP contribution in [0, 0.1) is 11.8 Å². The van der Waals surface area contributed by atoms with Gasteiger partial charge in [-0.1, -0.05) is 27.7 Å². The van der Waals surface area contributed by atoms with Crippen LogP contribution in [-0.2, 0) is 47.4 Å². The third-order valence-electron chi connectivity index (χ3n) is 10.8. The lowest BCUT2D eigenvalue weighted by Gasteiger charge is -2.30. The van der Waals surface area contributed by atoms with E-state index in [0.717, 1.165) is 4.90 Å². The number of aliphatic imine (C=N–C) groups is 1. The van der Waals surface area contributed by atoms with Crippen molar-refractivity contribution in [1.82, 2.24) is 36.8 Å². The lowest BCUT2D eigenvalue weighted by Crippen LogP contribution is -2.60. The number of nitrogens with two attached hydrogens (primary N) is 5. The summed E-state index contributed by atoms with van der Waals surface area (Å²) >= 11 is 0. The summed E-state index contributed by atoms with van der Waals surface area (Å²) in [5.41, 5.74) is 28.2. The SMILES string of the molecule is CC(C)C[C@H](NC(=O)[C@H](CCCCN)NC(=O)[C@@H](N)C(C)C)C(=O)N[C@@H](CCCN=C(N)N)C(=O)N[C@@H](CO)C(=O)N1CCC[C@H]1C(=O)N[C@@H](CCCCN)C(=O)N[C@@H](COP(=O)(O)O)C(=O)O. The highest BCUT2D eigenvalue weighted by Gasteiger charge is 2.40. The highest BCUT2D eigenvalue weighted by Crippen LogP contribution is 2.35. The van der Waals surface area contributed by atoms with Gasteiger partial charge < -0.3 is 85.5 Å². The number of amides is 7. The summed E-state index contributed by atoms with van der Waals surface area (Å²) in [6, 6.07) is -10.8. The summed E-state index contributed by atoms with van der Waals surface area (Å²) in [7, 11) is -5.11. The van der Waals surface area contributed by atoms with E-state index in [0.29, 0.717) is 25.8 Å². The van der Waals surface area contributed by atoms with E-state index in [9.17, 15) is 53.1 Å². The molecule has 0 bridgehead atoms. The van der Waals surface area contributed by atoms with Crippen LogP contribution in [0.5, 0.6) is 0 Å². The minimum Gasteiger partial charge on any atom is -0.480 e. The van der Waals surface area contributed by atoms with Gasteiger partial charge in [0.2, 0.25) is 41.4 Å². The van der Waals surface area contributed by atoms with Crippen LogP contribution in [0.1, 0.15) is 98.3 Å². The Balaban J connectivity index is 3.37. The molecule has 0 aromatic carbocycles. The number of nitrogens with one attached hydrogen (secondary N) is 6. The molecule has 7 amide bonds. The van der Waals surface area contributed by atoms with Crippen molar-refractivity contribution in [1.29, 1.82) is 0 Å². The van der Waals surface area contributed by atoms with Gasteiger partial charge in [0.1, 0.15) is 36.3 Å². The Morgan fingerprint density at radius 1 is 0.706 bits per heavy atom. The molecule has 8 atom stereocenters. The van der Waals surface area contributed by atoms with Gasteiger partial charge in [-0.3, -0.25) is 43.1 Å². The van der Waals surface area contributed by atoms with E-state index in [4.69, 9.17) is 38.5 Å². The molecule has 27 nitrogen and oxygen atoms in total. The first-order valence-electron chi connectivity index (χ1n) is 22.7. The molecule has 1 aliphatic rings. The average Bonchev–Trinajstić information content (AvgIpc) is 3.76. The maximum atomic E-state index is 14.0. The van der Waals surface area contributed by atoms with Gasteiger partial charge in [-0.15, -0.1) is 0 Å². The zero-order valence-corrected chi connectivity index (χ0v) is 40.3. The fraction of sp³-hybridized carbons (Fsp3) is 0.775. The standard InChI is InChI=1S/C40H76N13O14P/c1-22(2)19-27(50-32(55)25(12-6-8-16-42)49-37(60)31(43)23(3)4)35(58)47-26(13-9-17-46-40(44)45)33(56)51-28(20-54)38(61)53-18-10-14-30(53)36(59)48-24(11-5-7-15-41)34(57)52-29(39(62)63)21-67-68(64,65)66/h22-31,54H,5-21,41-43H2,1-4H3,(H,47,58)(H,48,59)(H,49,60)(H,50,55)(H,51,56)(H,52,57)(H,62,63)(H4,44,45,46)(H2,64,65,66)/t24-,25-,26-,27-,28-,29-,30-,31-/m0/s1. The summed E-state index contributed by atoms with van der Waals surface area (Å²) in [4.78, 5) is 130. The molecule has 68 heavy (non-hydrogen) atoms. The molecule has 1 heterocycles. The Labute approximate surface area is 396 Å². The molecule has 1 fully saturated rings. The van der Waals surface area contributed by atoms with E-state index < -0.39 is 117 Å². The van der Waals surface area contributed by atoms with Gasteiger partial charge in [-0.05, 0) is 95.6 Å². The van der Waals surface area contributed by atoms with Crippen molar-refractivity contribution in [3.63, 3.8) is 0 Å². The number of likely N-dealkylation sites (tertiary alicyclic amines) is 1. The number of carbonyl (C=O) groups excluding carboxylic acids is 7. The van der Waals surface area contributed by atoms with Gasteiger partial charge in [0.15, 0.2) is 12.0 Å². The molecule has 0 aromatic heterocycles. The fourth-order valence-electron chi connectivity index (χ4n) is 6.96. The van der Waals surface area contributed by atoms with Gasteiger partial charge in [0.25, 0.3) is 0 Å². The van der Waals surface area contributed by atoms with Crippen molar-refractivity contribution in [2.75, 3.05) is 39.4 Å². The van der Waals surface area contributed by atoms with Crippen LogP contribution >= 0.6 is 7.82 Å². The number of carbonyl (C=O) groups is 8. The van der Waals surface area contributed by atoms with Crippen LogP contribution in [0.25, 0.3) is 0 Å². The van der Waals surface area contributed by atoms with Crippen LogP contribution in [0.15, 0.2) is 4.99 Å². The van der Waals surface area contributed by atoms with Gasteiger partial charge in [-0.2, -0.15) is 0 Å². The molecule has 1 saturated heterocycles. The van der Waals surface area contributed by atoms with Crippen molar-refractivity contribution in [2.45, 2.75) is 147 Å². The van der Waals surface area contributed by atoms with E-state index in [1.807, 2.05) is 0 Å². The summed E-state index contributed by atoms with van der Waals surface area (Å²) in [6.07, 6.45) is 2.39. The molecule has 0 aliphatic carbocycles. The van der Waals surface area contributed by atoms with Crippen LogP contribution < -0.4 is 60.6 Å². The number of aliphatic hydroxyl groups is 1. The van der Waals surface area contributed by atoms with Crippen LogP contribution in [0.3, 0.4) is 0 Å². The number of hydrogen-bond acceptors (Lipinski definition) is 15. The molecule has 0 saturated carbocycles. The highest BCUT2D eigenvalue weighted by molar-refractivity contribution is 7.46. The number of unbranched alkanes of at least 4 members (excludes halogenated alkanes) is 2. The van der Waals surface area contributed by atoms with Gasteiger partial charge >= 0.3 is 13.8 Å².